The third-order valence-corrected chi connectivity index (χ3v) is 6.72. The number of aryl methyl sites for hydroxylation is 1. The molecular formula is C21H31ClN2O2. The van der Waals surface area contributed by atoms with Crippen LogP contribution in [0.5, 0.6) is 5.75 Å². The first kappa shape index (κ1) is 19.5. The van der Waals surface area contributed by atoms with E-state index in [1.807, 2.05) is 0 Å². The van der Waals surface area contributed by atoms with Crippen LogP contribution in [-0.4, -0.2) is 43.1 Å². The minimum atomic E-state index is -0.341. The normalized spacial score (nSPS) is 26.9. The van der Waals surface area contributed by atoms with Crippen molar-refractivity contribution >= 4 is 18.3 Å². The van der Waals surface area contributed by atoms with Crippen molar-refractivity contribution in [1.29, 1.82) is 0 Å². The average Bonchev–Trinajstić information content (AvgIpc) is 3.19. The first-order valence-corrected chi connectivity index (χ1v) is 9.84. The van der Waals surface area contributed by atoms with E-state index < -0.39 is 0 Å². The van der Waals surface area contributed by atoms with E-state index in [9.17, 15) is 4.79 Å². The Morgan fingerprint density at radius 3 is 2.65 bits per heavy atom. The van der Waals surface area contributed by atoms with E-state index in [1.165, 1.54) is 6.42 Å². The molecule has 4 rings (SSSR count). The molecule has 2 heterocycles. The van der Waals surface area contributed by atoms with Crippen molar-refractivity contribution < 1.29 is 9.53 Å². The average molecular weight is 379 g/mol. The molecule has 5 heteroatoms. The van der Waals surface area contributed by atoms with Crippen LogP contribution in [0.25, 0.3) is 0 Å². The lowest BCUT2D eigenvalue weighted by Gasteiger charge is -2.38. The number of ether oxygens (including phenoxy) is 1. The van der Waals surface area contributed by atoms with Gasteiger partial charge in [-0.25, -0.2) is 0 Å². The second-order valence-corrected chi connectivity index (χ2v) is 8.06. The highest BCUT2D eigenvalue weighted by Gasteiger charge is 2.50. The minimum absolute atomic E-state index is 0. The van der Waals surface area contributed by atoms with Crippen LogP contribution in [0.1, 0.15) is 56.1 Å². The van der Waals surface area contributed by atoms with Gasteiger partial charge in [0.25, 0.3) is 0 Å². The molecule has 1 aliphatic carbocycles. The molecule has 0 aromatic heterocycles. The van der Waals surface area contributed by atoms with Crippen LogP contribution in [0.15, 0.2) is 18.2 Å². The molecule has 1 amide bonds. The lowest BCUT2D eigenvalue weighted by atomic mass is 9.76. The number of rotatable bonds is 3. The Kier molecular flexibility index (Phi) is 5.83. The first-order valence-electron chi connectivity index (χ1n) is 9.84. The van der Waals surface area contributed by atoms with Crippen LogP contribution in [-0.2, 0) is 10.2 Å². The van der Waals surface area contributed by atoms with E-state index in [-0.39, 0.29) is 17.8 Å². The number of hydrogen-bond acceptors (Lipinski definition) is 3. The number of carbonyl (C=O) groups excluding carboxylic acids is 1. The number of nitrogens with zero attached hydrogens (tertiary/aromatic N) is 1. The highest BCUT2D eigenvalue weighted by atomic mass is 35.5. The molecule has 1 aromatic rings. The Hall–Kier alpha value is -1.26. The third-order valence-electron chi connectivity index (χ3n) is 6.72. The Bertz CT molecular complexity index is 643. The summed E-state index contributed by atoms with van der Waals surface area (Å²) >= 11 is 0. The van der Waals surface area contributed by atoms with E-state index in [2.05, 4.69) is 35.3 Å². The molecular weight excluding hydrogens is 348 g/mol. The van der Waals surface area contributed by atoms with Crippen LogP contribution >= 0.6 is 12.4 Å². The number of halogens is 1. The molecule has 2 atom stereocenters. The van der Waals surface area contributed by atoms with Crippen LogP contribution in [0.2, 0.25) is 0 Å². The number of nitrogens with one attached hydrogen (secondary N) is 1. The zero-order valence-electron chi connectivity index (χ0n) is 15.9. The SMILES string of the molecule is COc1cc(C2(C(=O)N3C4CCNCC3CC4)CCCC2)ccc1C.Cl. The van der Waals surface area contributed by atoms with Crippen LogP contribution < -0.4 is 10.1 Å². The maximum Gasteiger partial charge on any atom is 0.233 e. The van der Waals surface area contributed by atoms with E-state index in [1.54, 1.807) is 7.11 Å². The van der Waals surface area contributed by atoms with E-state index in [4.69, 9.17) is 4.74 Å². The summed E-state index contributed by atoms with van der Waals surface area (Å²) in [6.07, 6.45) is 7.65. The van der Waals surface area contributed by atoms with Crippen molar-refractivity contribution in [2.75, 3.05) is 20.2 Å². The van der Waals surface area contributed by atoms with Gasteiger partial charge in [0.1, 0.15) is 5.75 Å². The molecule has 0 radical (unpaired) electrons. The predicted octanol–water partition coefficient (Wildman–Crippen LogP) is 3.59. The zero-order chi connectivity index (χ0) is 17.4. The predicted molar refractivity (Wildman–Crippen MR) is 106 cm³/mol. The van der Waals surface area contributed by atoms with Gasteiger partial charge in [-0.15, -0.1) is 12.4 Å². The van der Waals surface area contributed by atoms with Crippen LogP contribution in [0, 0.1) is 6.92 Å². The van der Waals surface area contributed by atoms with Gasteiger partial charge >= 0.3 is 0 Å². The maximum absolute atomic E-state index is 13.9. The van der Waals surface area contributed by atoms with E-state index in [0.29, 0.717) is 18.0 Å². The highest BCUT2D eigenvalue weighted by molar-refractivity contribution is 5.89. The quantitative estimate of drug-likeness (QED) is 0.873. The van der Waals surface area contributed by atoms with E-state index in [0.717, 1.165) is 68.5 Å². The highest BCUT2D eigenvalue weighted by Crippen LogP contribution is 2.46. The first-order chi connectivity index (χ1) is 12.2. The summed E-state index contributed by atoms with van der Waals surface area (Å²) in [6.45, 7) is 4.05. The van der Waals surface area contributed by atoms with Crippen molar-refractivity contribution in [3.8, 4) is 5.75 Å². The van der Waals surface area contributed by atoms with Crippen LogP contribution in [0.4, 0.5) is 0 Å². The standard InChI is InChI=1S/C21H30N2O2.ClH/c1-15-5-6-16(13-19(15)25-2)21(10-3-4-11-21)20(24)23-17-7-8-18(23)14-22-12-9-17;/h5-6,13,17-18,22H,3-4,7-12,14H2,1-2H3;1H. The summed E-state index contributed by atoms with van der Waals surface area (Å²) in [4.78, 5) is 16.2. The molecule has 1 saturated carbocycles. The number of methoxy groups -OCH3 is 1. The fourth-order valence-corrected chi connectivity index (χ4v) is 5.28. The Morgan fingerprint density at radius 1 is 1.19 bits per heavy atom. The molecule has 4 nitrogen and oxygen atoms in total. The fourth-order valence-electron chi connectivity index (χ4n) is 5.28. The second-order valence-electron chi connectivity index (χ2n) is 8.06. The van der Waals surface area contributed by atoms with Gasteiger partial charge in [-0.05, 0) is 62.8 Å². The van der Waals surface area contributed by atoms with Crippen molar-refractivity contribution in [1.82, 2.24) is 10.2 Å². The molecule has 2 unspecified atom stereocenters. The fraction of sp³-hybridized carbons (Fsp3) is 0.667. The number of fused-ring (bicyclic) bond motifs is 2. The molecule has 2 bridgehead atoms. The molecule has 26 heavy (non-hydrogen) atoms. The Labute approximate surface area is 163 Å². The van der Waals surface area contributed by atoms with Gasteiger partial charge < -0.3 is 15.0 Å². The largest absolute Gasteiger partial charge is 0.496 e. The lowest BCUT2D eigenvalue weighted by molar-refractivity contribution is -0.140. The second kappa shape index (κ2) is 7.77. The molecule has 3 fully saturated rings. The van der Waals surface area contributed by atoms with Gasteiger partial charge in [-0.1, -0.05) is 25.0 Å². The van der Waals surface area contributed by atoms with Crippen molar-refractivity contribution in [3.63, 3.8) is 0 Å². The molecule has 2 aliphatic heterocycles. The van der Waals surface area contributed by atoms with E-state index >= 15 is 0 Å². The van der Waals surface area contributed by atoms with Gasteiger partial charge in [-0.3, -0.25) is 4.79 Å². The maximum atomic E-state index is 13.9. The molecule has 1 aromatic carbocycles. The molecule has 3 aliphatic rings. The smallest absolute Gasteiger partial charge is 0.233 e. The molecule has 0 spiro atoms. The summed E-state index contributed by atoms with van der Waals surface area (Å²) < 4.78 is 5.56. The molecule has 144 valence electrons. The van der Waals surface area contributed by atoms with Crippen molar-refractivity contribution in [3.05, 3.63) is 29.3 Å². The van der Waals surface area contributed by atoms with Gasteiger partial charge in [-0.2, -0.15) is 0 Å². The van der Waals surface area contributed by atoms with Crippen LogP contribution in [0.3, 0.4) is 0 Å². The lowest BCUT2D eigenvalue weighted by Crippen LogP contribution is -2.51. The van der Waals surface area contributed by atoms with Gasteiger partial charge in [0, 0.05) is 18.6 Å². The molecule has 2 saturated heterocycles. The topological polar surface area (TPSA) is 41.6 Å². The third kappa shape index (κ3) is 3.11. The van der Waals surface area contributed by atoms with Gasteiger partial charge in [0.15, 0.2) is 0 Å². The Morgan fingerprint density at radius 2 is 1.92 bits per heavy atom. The number of carbonyl (C=O) groups is 1. The summed E-state index contributed by atoms with van der Waals surface area (Å²) in [7, 11) is 1.72. The van der Waals surface area contributed by atoms with Crippen molar-refractivity contribution in [2.45, 2.75) is 69.4 Å². The summed E-state index contributed by atoms with van der Waals surface area (Å²) in [6, 6.07) is 7.21. The summed E-state index contributed by atoms with van der Waals surface area (Å²) in [5, 5.41) is 3.52. The zero-order valence-corrected chi connectivity index (χ0v) is 16.7. The monoisotopic (exact) mass is 378 g/mol. The summed E-state index contributed by atoms with van der Waals surface area (Å²) in [5.74, 6) is 1.28. The minimum Gasteiger partial charge on any atom is -0.496 e. The number of benzene rings is 1. The summed E-state index contributed by atoms with van der Waals surface area (Å²) in [5.41, 5.74) is 1.95. The number of amides is 1. The van der Waals surface area contributed by atoms with Gasteiger partial charge in [0.05, 0.1) is 12.5 Å². The van der Waals surface area contributed by atoms with Gasteiger partial charge in [0.2, 0.25) is 5.91 Å². The molecule has 1 N–H and O–H groups in total. The number of hydrogen-bond donors (Lipinski definition) is 1. The van der Waals surface area contributed by atoms with Crippen molar-refractivity contribution in [2.24, 2.45) is 0 Å². The Balaban J connectivity index is 0.00000196.